The van der Waals surface area contributed by atoms with Crippen LogP contribution in [0.5, 0.6) is 11.5 Å². The van der Waals surface area contributed by atoms with Gasteiger partial charge in [-0.15, -0.1) is 0 Å². The van der Waals surface area contributed by atoms with Gasteiger partial charge in [-0.25, -0.2) is 9.97 Å². The average molecular weight is 364 g/mol. The first kappa shape index (κ1) is 16.8. The Hall–Kier alpha value is -2.65. The molecule has 0 aliphatic heterocycles. The van der Waals surface area contributed by atoms with Crippen LogP contribution in [0.3, 0.4) is 0 Å². The molecule has 1 aliphatic rings. The predicted octanol–water partition coefficient (Wildman–Crippen LogP) is 5.35. The highest BCUT2D eigenvalue weighted by Gasteiger charge is 2.14. The number of thiazole rings is 1. The van der Waals surface area contributed by atoms with Crippen LogP contribution < -0.4 is 10.1 Å². The van der Waals surface area contributed by atoms with E-state index in [9.17, 15) is 0 Å². The number of nitrogens with one attached hydrogen (secondary N) is 1. The second-order valence-electron chi connectivity index (χ2n) is 6.60. The number of fused-ring (bicyclic) bond motifs is 1. The predicted molar refractivity (Wildman–Crippen MR) is 104 cm³/mol. The molecule has 0 spiro atoms. The molecule has 0 amide bonds. The molecule has 1 saturated carbocycles. The van der Waals surface area contributed by atoms with Crippen molar-refractivity contribution in [1.29, 1.82) is 5.26 Å². The molecule has 132 valence electrons. The fraction of sp³-hybridized carbons (Fsp3) is 0.350. The summed E-state index contributed by atoms with van der Waals surface area (Å²) in [6.45, 7) is 1.00. The Morgan fingerprint density at radius 3 is 2.96 bits per heavy atom. The van der Waals surface area contributed by atoms with Crippen molar-refractivity contribution in [3.63, 3.8) is 0 Å². The van der Waals surface area contributed by atoms with Crippen LogP contribution in [0.15, 0.2) is 36.5 Å². The molecule has 1 fully saturated rings. The maximum absolute atomic E-state index is 9.13. The van der Waals surface area contributed by atoms with E-state index in [1.807, 2.05) is 24.3 Å². The van der Waals surface area contributed by atoms with Crippen LogP contribution in [-0.2, 0) is 0 Å². The molecule has 6 heteroatoms. The minimum atomic E-state index is 0.284. The Morgan fingerprint density at radius 2 is 2.12 bits per heavy atom. The summed E-state index contributed by atoms with van der Waals surface area (Å²) in [6, 6.07) is 11.4. The molecule has 1 aliphatic carbocycles. The summed E-state index contributed by atoms with van der Waals surface area (Å²) < 4.78 is 6.91. The van der Waals surface area contributed by atoms with Crippen LogP contribution in [0, 0.1) is 17.2 Å². The van der Waals surface area contributed by atoms with E-state index in [0.29, 0.717) is 11.5 Å². The Bertz CT molecular complexity index is 940. The largest absolute Gasteiger partial charge is 0.454 e. The number of hydrogen-bond donors (Lipinski definition) is 1. The number of anilines is 1. The fourth-order valence-electron chi connectivity index (χ4n) is 3.35. The second kappa shape index (κ2) is 7.71. The van der Waals surface area contributed by atoms with Gasteiger partial charge in [0.1, 0.15) is 11.8 Å². The number of benzene rings is 1. The second-order valence-corrected chi connectivity index (χ2v) is 7.63. The molecule has 0 saturated heterocycles. The van der Waals surface area contributed by atoms with Crippen LogP contribution in [0.4, 0.5) is 5.13 Å². The fourth-order valence-corrected chi connectivity index (χ4v) is 4.25. The van der Waals surface area contributed by atoms with Gasteiger partial charge < -0.3 is 10.1 Å². The van der Waals surface area contributed by atoms with Gasteiger partial charge in [-0.3, -0.25) is 0 Å². The lowest BCUT2D eigenvalue weighted by atomic mass is 9.89. The zero-order valence-electron chi connectivity index (χ0n) is 14.4. The maximum atomic E-state index is 9.13. The van der Waals surface area contributed by atoms with Crippen molar-refractivity contribution in [2.75, 3.05) is 11.9 Å². The minimum Gasteiger partial charge on any atom is -0.454 e. The molecule has 0 radical (unpaired) electrons. The van der Waals surface area contributed by atoms with Crippen molar-refractivity contribution in [3.8, 4) is 17.6 Å². The average Bonchev–Trinajstić information content (AvgIpc) is 3.10. The molecule has 3 aromatic rings. The molecule has 2 aromatic heterocycles. The summed E-state index contributed by atoms with van der Waals surface area (Å²) >= 11 is 1.64. The molecular weight excluding hydrogens is 344 g/mol. The van der Waals surface area contributed by atoms with Crippen LogP contribution in [0.1, 0.15) is 37.8 Å². The van der Waals surface area contributed by atoms with E-state index < -0.39 is 0 Å². The Balaban J connectivity index is 1.48. The molecule has 26 heavy (non-hydrogen) atoms. The van der Waals surface area contributed by atoms with E-state index in [1.54, 1.807) is 29.7 Å². The lowest BCUT2D eigenvalue weighted by Gasteiger charge is -2.21. The quantitative estimate of drug-likeness (QED) is 0.661. The smallest absolute Gasteiger partial charge is 0.183 e. The van der Waals surface area contributed by atoms with Crippen LogP contribution in [0.2, 0.25) is 0 Å². The molecule has 0 unspecified atom stereocenters. The molecular formula is C20H20N4OS. The molecule has 2 heterocycles. The van der Waals surface area contributed by atoms with Crippen LogP contribution in [0.25, 0.3) is 10.2 Å². The molecule has 0 atom stereocenters. The Morgan fingerprint density at radius 1 is 1.23 bits per heavy atom. The van der Waals surface area contributed by atoms with Gasteiger partial charge in [0.25, 0.3) is 0 Å². The van der Waals surface area contributed by atoms with Crippen molar-refractivity contribution in [1.82, 2.24) is 9.97 Å². The highest BCUT2D eigenvalue weighted by Crippen LogP contribution is 2.32. The first-order valence-corrected chi connectivity index (χ1v) is 9.81. The molecule has 5 nitrogen and oxygen atoms in total. The van der Waals surface area contributed by atoms with Gasteiger partial charge in [0, 0.05) is 18.8 Å². The summed E-state index contributed by atoms with van der Waals surface area (Å²) in [5.74, 6) is 1.92. The number of aromatic nitrogens is 2. The number of hydrogen-bond acceptors (Lipinski definition) is 6. The van der Waals surface area contributed by atoms with E-state index >= 15 is 0 Å². The van der Waals surface area contributed by atoms with Gasteiger partial charge in [-0.2, -0.15) is 5.26 Å². The number of pyridine rings is 1. The Labute approximate surface area is 156 Å². The van der Waals surface area contributed by atoms with Crippen LogP contribution in [-0.4, -0.2) is 16.5 Å². The summed E-state index contributed by atoms with van der Waals surface area (Å²) in [4.78, 5) is 8.69. The number of nitrogens with zero attached hydrogens (tertiary/aromatic N) is 3. The normalized spacial score (nSPS) is 14.9. The first-order chi connectivity index (χ1) is 12.8. The van der Waals surface area contributed by atoms with Gasteiger partial charge >= 0.3 is 0 Å². The number of nitriles is 1. The molecule has 0 bridgehead atoms. The first-order valence-electron chi connectivity index (χ1n) is 8.99. The monoisotopic (exact) mass is 364 g/mol. The zero-order valence-corrected chi connectivity index (χ0v) is 15.3. The third kappa shape index (κ3) is 3.78. The minimum absolute atomic E-state index is 0.284. The standard InChI is InChI=1S/C20H20N4OS/c21-12-17-18(7-4-10-22-17)25-15-8-9-16-19(11-15)26-20(24-16)23-13-14-5-2-1-3-6-14/h4,7-11,14H,1-3,5-6,13H2,(H,23,24). The third-order valence-electron chi connectivity index (χ3n) is 4.73. The summed E-state index contributed by atoms with van der Waals surface area (Å²) in [5.41, 5.74) is 1.24. The Kier molecular flexibility index (Phi) is 4.98. The van der Waals surface area contributed by atoms with Gasteiger partial charge in [-0.05, 0) is 43.0 Å². The lowest BCUT2D eigenvalue weighted by Crippen LogP contribution is -2.16. The number of rotatable bonds is 5. The summed E-state index contributed by atoms with van der Waals surface area (Å²) in [5, 5.41) is 13.6. The summed E-state index contributed by atoms with van der Waals surface area (Å²) in [6.07, 6.45) is 8.31. The van der Waals surface area contributed by atoms with Crippen molar-refractivity contribution in [2.24, 2.45) is 5.92 Å². The van der Waals surface area contributed by atoms with Crippen LogP contribution >= 0.6 is 11.3 Å². The van der Waals surface area contributed by atoms with E-state index in [4.69, 9.17) is 10.00 Å². The van der Waals surface area contributed by atoms with Crippen molar-refractivity contribution in [3.05, 3.63) is 42.2 Å². The zero-order chi connectivity index (χ0) is 17.8. The molecule has 1 aromatic carbocycles. The third-order valence-corrected chi connectivity index (χ3v) is 5.71. The highest BCUT2D eigenvalue weighted by molar-refractivity contribution is 7.22. The molecule has 1 N–H and O–H groups in total. The lowest BCUT2D eigenvalue weighted by molar-refractivity contribution is 0.373. The van der Waals surface area contributed by atoms with Crippen molar-refractivity contribution < 1.29 is 4.74 Å². The van der Waals surface area contributed by atoms with E-state index in [2.05, 4.69) is 15.3 Å². The van der Waals surface area contributed by atoms with Gasteiger partial charge in [0.05, 0.1) is 10.2 Å². The highest BCUT2D eigenvalue weighted by atomic mass is 32.1. The van der Waals surface area contributed by atoms with Gasteiger partial charge in [0.2, 0.25) is 0 Å². The van der Waals surface area contributed by atoms with E-state index in [1.165, 1.54) is 32.1 Å². The maximum Gasteiger partial charge on any atom is 0.183 e. The van der Waals surface area contributed by atoms with E-state index in [-0.39, 0.29) is 5.69 Å². The van der Waals surface area contributed by atoms with Gasteiger partial charge in [0.15, 0.2) is 16.6 Å². The van der Waals surface area contributed by atoms with Crippen molar-refractivity contribution in [2.45, 2.75) is 32.1 Å². The SMILES string of the molecule is N#Cc1ncccc1Oc1ccc2nc(NCC3CCCCC3)sc2c1. The summed E-state index contributed by atoms with van der Waals surface area (Å²) in [7, 11) is 0. The molecule has 4 rings (SSSR count). The topological polar surface area (TPSA) is 70.8 Å². The van der Waals surface area contributed by atoms with Crippen molar-refractivity contribution >= 4 is 26.7 Å². The number of ether oxygens (including phenoxy) is 1. The van der Waals surface area contributed by atoms with E-state index in [0.717, 1.165) is 27.8 Å². The van der Waals surface area contributed by atoms with Gasteiger partial charge in [-0.1, -0.05) is 30.6 Å².